The van der Waals surface area contributed by atoms with Gasteiger partial charge in [0, 0.05) is 12.6 Å². The summed E-state index contributed by atoms with van der Waals surface area (Å²) >= 11 is 0. The maximum Gasteiger partial charge on any atom is 0.147 e. The van der Waals surface area contributed by atoms with Gasteiger partial charge in [0.2, 0.25) is 0 Å². The lowest BCUT2D eigenvalue weighted by Crippen LogP contribution is -2.28. The van der Waals surface area contributed by atoms with Crippen molar-refractivity contribution in [2.75, 3.05) is 11.4 Å². The molecule has 2 rings (SSSR count). The number of nitrogens with two attached hydrogens (primary N) is 1. The Hall–Kier alpha value is -1.65. The van der Waals surface area contributed by atoms with Crippen molar-refractivity contribution in [3.63, 3.8) is 0 Å². The second kappa shape index (κ2) is 4.08. The fourth-order valence-electron chi connectivity index (χ4n) is 2.23. The van der Waals surface area contributed by atoms with Gasteiger partial charge in [0.05, 0.1) is 12.4 Å². The van der Waals surface area contributed by atoms with E-state index in [1.807, 2.05) is 0 Å². The molecule has 2 unspecified atom stereocenters. The van der Waals surface area contributed by atoms with Gasteiger partial charge in [-0.1, -0.05) is 6.92 Å². The summed E-state index contributed by atoms with van der Waals surface area (Å²) in [5, 5.41) is 7.25. The molecule has 0 aliphatic carbocycles. The van der Waals surface area contributed by atoms with Crippen LogP contribution in [0.15, 0.2) is 12.4 Å². The molecule has 0 spiro atoms. The van der Waals surface area contributed by atoms with Gasteiger partial charge in [-0.2, -0.15) is 0 Å². The molecule has 16 heavy (non-hydrogen) atoms. The SMILES string of the molecule is CC1CC(C)N(c2cnc(C(=N)N)cn2)C1. The summed E-state index contributed by atoms with van der Waals surface area (Å²) in [5.74, 6) is 1.54. The van der Waals surface area contributed by atoms with E-state index in [1.165, 1.54) is 6.42 Å². The number of hydrogen-bond acceptors (Lipinski definition) is 4. The molecule has 1 aliphatic heterocycles. The molecule has 3 N–H and O–H groups in total. The molecule has 1 aromatic heterocycles. The Labute approximate surface area is 95.2 Å². The fourth-order valence-corrected chi connectivity index (χ4v) is 2.23. The van der Waals surface area contributed by atoms with E-state index in [4.69, 9.17) is 11.1 Å². The first-order chi connectivity index (χ1) is 7.58. The summed E-state index contributed by atoms with van der Waals surface area (Å²) < 4.78 is 0. The number of amidine groups is 1. The van der Waals surface area contributed by atoms with E-state index in [1.54, 1.807) is 12.4 Å². The molecular formula is C11H17N5. The second-order valence-electron chi connectivity index (χ2n) is 4.52. The Balaban J connectivity index is 2.19. The molecule has 0 radical (unpaired) electrons. The van der Waals surface area contributed by atoms with Crippen molar-refractivity contribution in [2.24, 2.45) is 11.7 Å². The number of hydrogen-bond donors (Lipinski definition) is 2. The zero-order valence-corrected chi connectivity index (χ0v) is 9.64. The van der Waals surface area contributed by atoms with Crippen LogP contribution < -0.4 is 10.6 Å². The number of nitrogens with zero attached hydrogens (tertiary/aromatic N) is 3. The van der Waals surface area contributed by atoms with Gasteiger partial charge in [0.15, 0.2) is 0 Å². The van der Waals surface area contributed by atoms with Crippen LogP contribution >= 0.6 is 0 Å². The van der Waals surface area contributed by atoms with Gasteiger partial charge in [0.1, 0.15) is 17.3 Å². The largest absolute Gasteiger partial charge is 0.382 e. The highest BCUT2D eigenvalue weighted by Crippen LogP contribution is 2.26. The summed E-state index contributed by atoms with van der Waals surface area (Å²) in [6.45, 7) is 5.47. The minimum Gasteiger partial charge on any atom is -0.382 e. The van der Waals surface area contributed by atoms with E-state index in [2.05, 4.69) is 28.7 Å². The smallest absolute Gasteiger partial charge is 0.147 e. The third kappa shape index (κ3) is 1.98. The summed E-state index contributed by atoms with van der Waals surface area (Å²) in [6, 6.07) is 0.507. The highest BCUT2D eigenvalue weighted by atomic mass is 15.2. The summed E-state index contributed by atoms with van der Waals surface area (Å²) in [5.41, 5.74) is 5.77. The van der Waals surface area contributed by atoms with Crippen molar-refractivity contribution in [1.82, 2.24) is 9.97 Å². The molecule has 1 aliphatic rings. The number of rotatable bonds is 2. The molecule has 1 aromatic rings. The van der Waals surface area contributed by atoms with Gasteiger partial charge in [-0.25, -0.2) is 9.97 Å². The molecule has 0 amide bonds. The molecule has 2 atom stereocenters. The molecule has 1 saturated heterocycles. The van der Waals surface area contributed by atoms with Crippen LogP contribution in [-0.2, 0) is 0 Å². The quantitative estimate of drug-likeness (QED) is 0.574. The summed E-state index contributed by atoms with van der Waals surface area (Å²) in [4.78, 5) is 10.7. The Morgan fingerprint density at radius 3 is 2.62 bits per heavy atom. The van der Waals surface area contributed by atoms with Crippen LogP contribution in [0.3, 0.4) is 0 Å². The Morgan fingerprint density at radius 1 is 1.44 bits per heavy atom. The van der Waals surface area contributed by atoms with Crippen molar-refractivity contribution in [3.05, 3.63) is 18.1 Å². The van der Waals surface area contributed by atoms with Gasteiger partial charge in [0.25, 0.3) is 0 Å². The first-order valence-electron chi connectivity index (χ1n) is 5.51. The van der Waals surface area contributed by atoms with Crippen LogP contribution in [0, 0.1) is 11.3 Å². The first kappa shape index (κ1) is 10.9. The van der Waals surface area contributed by atoms with Crippen LogP contribution in [0.25, 0.3) is 0 Å². The van der Waals surface area contributed by atoms with Gasteiger partial charge in [-0.15, -0.1) is 0 Å². The van der Waals surface area contributed by atoms with E-state index in [0.717, 1.165) is 12.4 Å². The van der Waals surface area contributed by atoms with E-state index in [0.29, 0.717) is 17.7 Å². The molecule has 0 saturated carbocycles. The van der Waals surface area contributed by atoms with Crippen molar-refractivity contribution in [3.8, 4) is 0 Å². The molecule has 5 nitrogen and oxygen atoms in total. The third-order valence-electron chi connectivity index (χ3n) is 2.99. The predicted molar refractivity (Wildman–Crippen MR) is 63.6 cm³/mol. The highest BCUT2D eigenvalue weighted by molar-refractivity contribution is 5.92. The van der Waals surface area contributed by atoms with E-state index in [-0.39, 0.29) is 5.84 Å². The average molecular weight is 219 g/mol. The lowest BCUT2D eigenvalue weighted by atomic mass is 10.1. The molecule has 86 valence electrons. The predicted octanol–water partition coefficient (Wildman–Crippen LogP) is 0.995. The lowest BCUT2D eigenvalue weighted by Gasteiger charge is -2.22. The topological polar surface area (TPSA) is 78.9 Å². The van der Waals surface area contributed by atoms with Crippen LogP contribution in [-0.4, -0.2) is 28.4 Å². The average Bonchev–Trinajstić information content (AvgIpc) is 2.58. The van der Waals surface area contributed by atoms with Crippen LogP contribution in [0.2, 0.25) is 0 Å². The number of aromatic nitrogens is 2. The minimum absolute atomic E-state index is 0.0399. The monoisotopic (exact) mass is 219 g/mol. The van der Waals surface area contributed by atoms with Crippen molar-refractivity contribution in [2.45, 2.75) is 26.3 Å². The molecule has 0 bridgehead atoms. The second-order valence-corrected chi connectivity index (χ2v) is 4.52. The Kier molecular flexibility index (Phi) is 2.77. The normalized spacial score (nSPS) is 24.8. The number of anilines is 1. The van der Waals surface area contributed by atoms with Gasteiger partial charge in [-0.3, -0.25) is 5.41 Å². The van der Waals surface area contributed by atoms with E-state index in [9.17, 15) is 0 Å². The zero-order valence-electron chi connectivity index (χ0n) is 9.64. The zero-order chi connectivity index (χ0) is 11.7. The fraction of sp³-hybridized carbons (Fsp3) is 0.545. The van der Waals surface area contributed by atoms with Crippen LogP contribution in [0.4, 0.5) is 5.82 Å². The minimum atomic E-state index is -0.0399. The Morgan fingerprint density at radius 2 is 2.19 bits per heavy atom. The van der Waals surface area contributed by atoms with Crippen LogP contribution in [0.1, 0.15) is 26.0 Å². The van der Waals surface area contributed by atoms with Crippen molar-refractivity contribution >= 4 is 11.7 Å². The highest BCUT2D eigenvalue weighted by Gasteiger charge is 2.27. The third-order valence-corrected chi connectivity index (χ3v) is 2.99. The standard InChI is InChI=1S/C11H17N5/c1-7-3-8(2)16(6-7)10-5-14-9(4-15-10)11(12)13/h4-5,7-8H,3,6H2,1-2H3,(H3,12,13). The molecule has 2 heterocycles. The van der Waals surface area contributed by atoms with E-state index < -0.39 is 0 Å². The van der Waals surface area contributed by atoms with Gasteiger partial charge >= 0.3 is 0 Å². The maximum absolute atomic E-state index is 7.25. The van der Waals surface area contributed by atoms with Gasteiger partial charge < -0.3 is 10.6 Å². The van der Waals surface area contributed by atoms with Crippen molar-refractivity contribution in [1.29, 1.82) is 5.41 Å². The first-order valence-corrected chi connectivity index (χ1v) is 5.51. The van der Waals surface area contributed by atoms with Crippen molar-refractivity contribution < 1.29 is 0 Å². The Bertz CT molecular complexity index is 386. The maximum atomic E-state index is 7.25. The van der Waals surface area contributed by atoms with E-state index >= 15 is 0 Å². The molecule has 5 heteroatoms. The number of nitrogens with one attached hydrogen (secondary N) is 1. The number of nitrogen functional groups attached to an aromatic ring is 1. The van der Waals surface area contributed by atoms with Gasteiger partial charge in [-0.05, 0) is 19.3 Å². The summed E-state index contributed by atoms with van der Waals surface area (Å²) in [6.07, 6.45) is 4.45. The lowest BCUT2D eigenvalue weighted by molar-refractivity contribution is 0.625. The molecule has 1 fully saturated rings. The molecule has 0 aromatic carbocycles. The summed E-state index contributed by atoms with van der Waals surface area (Å²) in [7, 11) is 0. The van der Waals surface area contributed by atoms with Crippen LogP contribution in [0.5, 0.6) is 0 Å². The molecular weight excluding hydrogens is 202 g/mol.